The summed E-state index contributed by atoms with van der Waals surface area (Å²) in [6, 6.07) is 0. The first-order chi connectivity index (χ1) is 6.20. The SMILES string of the molecule is O=C(O)C(O)C(O)C(=O)O.[O-][Cl+2]([O-])O. The predicted molar refractivity (Wildman–Crippen MR) is 29.5 cm³/mol. The maximum atomic E-state index is 9.77. The van der Waals surface area contributed by atoms with Crippen molar-refractivity contribution >= 4 is 11.9 Å². The molecule has 0 aliphatic heterocycles. The van der Waals surface area contributed by atoms with Gasteiger partial charge in [0.1, 0.15) is 0 Å². The molecule has 14 heavy (non-hydrogen) atoms. The second-order valence-electron chi connectivity index (χ2n) is 1.77. The van der Waals surface area contributed by atoms with E-state index in [2.05, 4.69) is 0 Å². The number of aliphatic hydroxyl groups excluding tert-OH is 2. The lowest BCUT2D eigenvalue weighted by molar-refractivity contribution is -1.63. The number of aliphatic carboxylic acids is 2. The summed E-state index contributed by atoms with van der Waals surface area (Å²) >= 11 is 0. The zero-order valence-electron chi connectivity index (χ0n) is 6.40. The third-order valence-electron chi connectivity index (χ3n) is 0.805. The van der Waals surface area contributed by atoms with Gasteiger partial charge in [0.25, 0.3) is 10.8 Å². The van der Waals surface area contributed by atoms with Crippen LogP contribution < -0.4 is 9.32 Å². The van der Waals surface area contributed by atoms with Crippen LogP contribution in [-0.2, 0) is 9.59 Å². The highest BCUT2D eigenvalue weighted by Gasteiger charge is 2.29. The van der Waals surface area contributed by atoms with Gasteiger partial charge in [-0.15, -0.1) is 0 Å². The molecule has 0 heterocycles. The molecule has 0 amide bonds. The molecule has 0 aromatic rings. The van der Waals surface area contributed by atoms with Crippen molar-refractivity contribution in [1.82, 2.24) is 0 Å². The van der Waals surface area contributed by atoms with E-state index in [1.807, 2.05) is 0 Å². The Bertz CT molecular complexity index is 170. The first-order valence-electron chi connectivity index (χ1n) is 2.76. The topological polar surface area (TPSA) is 181 Å². The van der Waals surface area contributed by atoms with E-state index in [1.54, 1.807) is 0 Å². The van der Waals surface area contributed by atoms with Crippen LogP contribution in [0.25, 0.3) is 0 Å². The molecule has 9 nitrogen and oxygen atoms in total. The zero-order chi connectivity index (χ0) is 11.9. The van der Waals surface area contributed by atoms with E-state index in [9.17, 15) is 9.59 Å². The Hall–Kier alpha value is -0.970. The number of hydrogen-bond acceptors (Lipinski definition) is 7. The normalized spacial score (nSPS) is 13.9. The smallest absolute Gasteiger partial charge is 0.335 e. The number of carbonyl (C=O) groups is 2. The molecule has 0 bridgehead atoms. The lowest BCUT2D eigenvalue weighted by Gasteiger charge is -2.07. The van der Waals surface area contributed by atoms with Gasteiger partial charge in [0.2, 0.25) is 0 Å². The van der Waals surface area contributed by atoms with Gasteiger partial charge in [-0.1, -0.05) is 0 Å². The number of hydrogen-bond donors (Lipinski definition) is 5. The van der Waals surface area contributed by atoms with E-state index in [1.165, 1.54) is 0 Å². The van der Waals surface area contributed by atoms with Gasteiger partial charge >= 0.3 is 11.9 Å². The highest BCUT2D eigenvalue weighted by atomic mass is 35.6. The van der Waals surface area contributed by atoms with Crippen molar-refractivity contribution in [2.45, 2.75) is 12.2 Å². The molecule has 2 unspecified atom stereocenters. The summed E-state index contributed by atoms with van der Waals surface area (Å²) in [7, 11) is -2.60. The van der Waals surface area contributed by atoms with Crippen LogP contribution in [0.5, 0.6) is 0 Å². The largest absolute Gasteiger partial charge is 0.479 e. The standard InChI is InChI=1S/C4H6O6.ClHO3/c5-1(3(7)8)2(6)4(9)10;2-1(3)4/h1-2,5-6H,(H,7,8)(H,9,10);2H. The minimum absolute atomic E-state index is 1.77. The van der Waals surface area contributed by atoms with Crippen LogP contribution in [0.1, 0.15) is 0 Å². The summed E-state index contributed by atoms with van der Waals surface area (Å²) in [6.45, 7) is 0. The maximum Gasteiger partial charge on any atom is 0.335 e. The summed E-state index contributed by atoms with van der Waals surface area (Å²) in [5, 5.41) is 32.5. The Labute approximate surface area is 79.9 Å². The Balaban J connectivity index is 0. The molecule has 10 heteroatoms. The lowest BCUT2D eigenvalue weighted by Crippen LogP contribution is -2.39. The van der Waals surface area contributed by atoms with Crippen molar-refractivity contribution < 1.29 is 54.8 Å². The molecule has 0 saturated heterocycles. The van der Waals surface area contributed by atoms with Crippen molar-refractivity contribution in [3.8, 4) is 0 Å². The summed E-state index contributed by atoms with van der Waals surface area (Å²) in [6.07, 6.45) is -4.53. The summed E-state index contributed by atoms with van der Waals surface area (Å²) < 4.78 is 24.0. The van der Waals surface area contributed by atoms with E-state index in [-0.39, 0.29) is 0 Å². The van der Waals surface area contributed by atoms with Gasteiger partial charge < -0.3 is 29.7 Å². The van der Waals surface area contributed by atoms with Crippen LogP contribution in [-0.4, -0.2) is 49.2 Å². The number of rotatable bonds is 3. The second-order valence-corrected chi connectivity index (χ2v) is 2.17. The molecular formula is C4H7ClO9. The first kappa shape index (κ1) is 15.5. The van der Waals surface area contributed by atoms with Crippen LogP contribution in [0.3, 0.4) is 0 Å². The fourth-order valence-electron chi connectivity index (χ4n) is 0.270. The molecule has 0 aromatic heterocycles. The minimum Gasteiger partial charge on any atom is -0.479 e. The van der Waals surface area contributed by atoms with Crippen LogP contribution in [0.2, 0.25) is 0 Å². The second kappa shape index (κ2) is 7.44. The molecule has 0 fully saturated rings. The third-order valence-corrected chi connectivity index (χ3v) is 0.805. The molecule has 0 aliphatic rings. The molecule has 0 radical (unpaired) electrons. The highest BCUT2D eigenvalue weighted by Crippen LogP contribution is 1.92. The van der Waals surface area contributed by atoms with Crippen LogP contribution >= 0.6 is 0 Å². The van der Waals surface area contributed by atoms with Crippen molar-refractivity contribution in [3.05, 3.63) is 0 Å². The molecule has 0 aliphatic carbocycles. The highest BCUT2D eigenvalue weighted by molar-refractivity contribution is 5.82. The quantitative estimate of drug-likeness (QED) is 0.319. The number of aliphatic hydroxyl groups is 2. The van der Waals surface area contributed by atoms with E-state index in [0.717, 1.165) is 0 Å². The number of carboxylic acids is 2. The van der Waals surface area contributed by atoms with Crippen LogP contribution in [0.4, 0.5) is 0 Å². The van der Waals surface area contributed by atoms with Crippen molar-refractivity contribution in [2.24, 2.45) is 0 Å². The molecule has 5 N–H and O–H groups in total. The van der Waals surface area contributed by atoms with Crippen molar-refractivity contribution in [1.29, 1.82) is 0 Å². The molecule has 84 valence electrons. The van der Waals surface area contributed by atoms with E-state index in [4.69, 9.17) is 34.4 Å². The Morgan fingerprint density at radius 3 is 1.21 bits per heavy atom. The molecule has 0 spiro atoms. The third kappa shape index (κ3) is 9.12. The fraction of sp³-hybridized carbons (Fsp3) is 0.500. The van der Waals surface area contributed by atoms with Gasteiger partial charge in [-0.3, -0.25) is 0 Å². The van der Waals surface area contributed by atoms with Gasteiger partial charge in [0, 0.05) is 4.66 Å². The molecule has 0 rings (SSSR count). The predicted octanol–water partition coefficient (Wildman–Crippen LogP) is -5.06. The van der Waals surface area contributed by atoms with E-state index in [0.29, 0.717) is 0 Å². The monoisotopic (exact) mass is 234 g/mol. The van der Waals surface area contributed by atoms with E-state index >= 15 is 0 Å². The minimum atomic E-state index is -2.60. The van der Waals surface area contributed by atoms with Crippen molar-refractivity contribution in [3.63, 3.8) is 0 Å². The zero-order valence-corrected chi connectivity index (χ0v) is 7.16. The van der Waals surface area contributed by atoms with Crippen LogP contribution in [0.15, 0.2) is 0 Å². The molecular weight excluding hydrogens is 227 g/mol. The molecule has 2 atom stereocenters. The van der Waals surface area contributed by atoms with Gasteiger partial charge in [-0.25, -0.2) is 9.59 Å². The average Bonchev–Trinajstić information content (AvgIpc) is 2.00. The van der Waals surface area contributed by atoms with Gasteiger partial charge in [0.05, 0.1) is 0 Å². The maximum absolute atomic E-state index is 9.77. The first-order valence-corrected chi connectivity index (χ1v) is 3.72. The molecule has 0 saturated carbocycles. The lowest BCUT2D eigenvalue weighted by atomic mass is 10.2. The average molecular weight is 235 g/mol. The molecule has 0 aromatic carbocycles. The van der Waals surface area contributed by atoms with Gasteiger partial charge in [0.15, 0.2) is 12.2 Å². The fourth-order valence-corrected chi connectivity index (χ4v) is 0.270. The van der Waals surface area contributed by atoms with Crippen LogP contribution in [0, 0.1) is 10.8 Å². The van der Waals surface area contributed by atoms with Crippen molar-refractivity contribution in [2.75, 3.05) is 0 Å². The summed E-state index contributed by atoms with van der Waals surface area (Å²) in [4.78, 5) is 19.5. The number of halogens is 1. The van der Waals surface area contributed by atoms with Gasteiger partial charge in [-0.2, -0.15) is 0 Å². The van der Waals surface area contributed by atoms with Gasteiger partial charge in [-0.05, 0) is 0 Å². The Morgan fingerprint density at radius 2 is 1.14 bits per heavy atom. The summed E-state index contributed by atoms with van der Waals surface area (Å²) in [5.41, 5.74) is 0. The Kier molecular flexibility index (Phi) is 8.23. The van der Waals surface area contributed by atoms with E-state index < -0.39 is 34.9 Å². The summed E-state index contributed by atoms with van der Waals surface area (Å²) in [5.74, 6) is -3.54. The number of carboxylic acid groups (broad SMARTS) is 2. The Morgan fingerprint density at radius 1 is 1.00 bits per heavy atom.